The number of carbonyl (C=O) groups is 1. The van der Waals surface area contributed by atoms with Crippen LogP contribution in [0.5, 0.6) is 0 Å². The van der Waals surface area contributed by atoms with Gasteiger partial charge in [-0.05, 0) is 18.9 Å². The normalized spacial score (nSPS) is 11.4. The number of hydrogen-bond donors (Lipinski definition) is 1. The minimum absolute atomic E-state index is 0.0475. The van der Waals surface area contributed by atoms with E-state index in [-0.39, 0.29) is 24.0 Å². The number of aromatic nitrogens is 2. The van der Waals surface area contributed by atoms with Crippen molar-refractivity contribution in [3.63, 3.8) is 0 Å². The maximum atomic E-state index is 12.0. The molecule has 1 amide bonds. The summed E-state index contributed by atoms with van der Waals surface area (Å²) in [6.45, 7) is 3.93. The summed E-state index contributed by atoms with van der Waals surface area (Å²) in [5.41, 5.74) is 2.30. The number of benzene rings is 1. The van der Waals surface area contributed by atoms with Crippen molar-refractivity contribution in [2.45, 2.75) is 33.2 Å². The fourth-order valence-electron chi connectivity index (χ4n) is 2.26. The van der Waals surface area contributed by atoms with Crippen molar-refractivity contribution in [3.05, 3.63) is 47.7 Å². The predicted molar refractivity (Wildman–Crippen MR) is 94.7 cm³/mol. The number of hydrogen-bond acceptors (Lipinski definition) is 4. The van der Waals surface area contributed by atoms with E-state index >= 15 is 0 Å². The highest BCUT2D eigenvalue weighted by Gasteiger charge is 2.09. The van der Waals surface area contributed by atoms with Crippen molar-refractivity contribution >= 4 is 21.6 Å². The van der Waals surface area contributed by atoms with Gasteiger partial charge < -0.3 is 5.32 Å². The van der Waals surface area contributed by atoms with E-state index in [4.69, 9.17) is 0 Å². The Bertz CT molecular complexity index is 797. The van der Waals surface area contributed by atoms with E-state index in [1.54, 1.807) is 19.2 Å². The van der Waals surface area contributed by atoms with Crippen molar-refractivity contribution in [3.8, 4) is 0 Å². The van der Waals surface area contributed by atoms with E-state index in [1.165, 1.54) is 10.2 Å². The first-order valence-corrected chi connectivity index (χ1v) is 9.79. The molecule has 0 saturated heterocycles. The Morgan fingerprint density at radius 3 is 2.79 bits per heavy atom. The Balaban J connectivity index is 1.82. The number of rotatable bonds is 8. The lowest BCUT2D eigenvalue weighted by Gasteiger charge is -2.04. The first-order chi connectivity index (χ1) is 11.4. The van der Waals surface area contributed by atoms with E-state index in [1.807, 2.05) is 25.1 Å². The van der Waals surface area contributed by atoms with Gasteiger partial charge in [0.05, 0.1) is 12.3 Å². The Kier molecular flexibility index (Phi) is 6.14. The molecule has 130 valence electrons. The molecule has 1 aromatic heterocycles. The van der Waals surface area contributed by atoms with E-state index in [2.05, 4.69) is 16.5 Å². The van der Waals surface area contributed by atoms with Crippen LogP contribution in [0.4, 0.5) is 5.82 Å². The Morgan fingerprint density at radius 2 is 2.08 bits per heavy atom. The van der Waals surface area contributed by atoms with Gasteiger partial charge in [-0.2, -0.15) is 5.10 Å². The summed E-state index contributed by atoms with van der Waals surface area (Å²) >= 11 is 0. The molecule has 0 aliphatic carbocycles. The number of sulfone groups is 1. The highest BCUT2D eigenvalue weighted by Crippen LogP contribution is 2.08. The van der Waals surface area contributed by atoms with Crippen molar-refractivity contribution in [1.29, 1.82) is 0 Å². The van der Waals surface area contributed by atoms with Crippen LogP contribution in [0.25, 0.3) is 0 Å². The highest BCUT2D eigenvalue weighted by atomic mass is 32.2. The van der Waals surface area contributed by atoms with Crippen molar-refractivity contribution < 1.29 is 13.2 Å². The molecule has 0 unspecified atom stereocenters. The summed E-state index contributed by atoms with van der Waals surface area (Å²) in [6.07, 6.45) is 2.71. The number of carbonyl (C=O) groups excluding carboxylic acids is 1. The molecule has 0 saturated carbocycles. The third kappa shape index (κ3) is 5.81. The quantitative estimate of drug-likeness (QED) is 0.792. The smallest absolute Gasteiger partial charge is 0.225 e. The van der Waals surface area contributed by atoms with E-state index in [0.29, 0.717) is 18.7 Å². The minimum Gasteiger partial charge on any atom is -0.309 e. The summed E-state index contributed by atoms with van der Waals surface area (Å²) in [7, 11) is -3.02. The molecule has 0 radical (unpaired) electrons. The standard InChI is InChI=1S/C17H23N3O3S/c1-3-24(22,23)12-11-20-10-9-16(19-20)18-17(21)8-7-15-6-4-5-14(2)13-15/h4-6,9-10,13H,3,7-8,11-12H2,1-2H3,(H,18,19,21). The van der Waals surface area contributed by atoms with Crippen LogP contribution in [0.1, 0.15) is 24.5 Å². The molecule has 0 fully saturated rings. The first-order valence-electron chi connectivity index (χ1n) is 7.97. The number of aryl methyl sites for hydroxylation is 3. The Morgan fingerprint density at radius 1 is 1.29 bits per heavy atom. The fraction of sp³-hybridized carbons (Fsp3) is 0.412. The van der Waals surface area contributed by atoms with Crippen LogP contribution < -0.4 is 5.32 Å². The number of nitrogens with zero attached hydrogens (tertiary/aromatic N) is 2. The molecule has 2 rings (SSSR count). The van der Waals surface area contributed by atoms with Gasteiger partial charge in [0.2, 0.25) is 5.91 Å². The van der Waals surface area contributed by atoms with Gasteiger partial charge in [0.1, 0.15) is 0 Å². The second-order valence-electron chi connectivity index (χ2n) is 5.74. The topological polar surface area (TPSA) is 81.1 Å². The molecule has 1 aromatic carbocycles. The average molecular weight is 349 g/mol. The molecule has 0 spiro atoms. The second-order valence-corrected chi connectivity index (χ2v) is 8.21. The van der Waals surface area contributed by atoms with E-state index in [9.17, 15) is 13.2 Å². The zero-order valence-electron chi connectivity index (χ0n) is 14.0. The number of nitrogens with one attached hydrogen (secondary N) is 1. The summed E-state index contributed by atoms with van der Waals surface area (Å²) in [6, 6.07) is 9.74. The van der Waals surface area contributed by atoms with Crippen LogP contribution >= 0.6 is 0 Å². The molecule has 6 nitrogen and oxygen atoms in total. The molecule has 0 aliphatic heterocycles. The van der Waals surface area contributed by atoms with Crippen LogP contribution in [0, 0.1) is 6.92 Å². The predicted octanol–water partition coefficient (Wildman–Crippen LogP) is 2.20. The van der Waals surface area contributed by atoms with E-state index in [0.717, 1.165) is 5.56 Å². The lowest BCUT2D eigenvalue weighted by Crippen LogP contribution is -2.16. The lowest BCUT2D eigenvalue weighted by molar-refractivity contribution is -0.116. The lowest BCUT2D eigenvalue weighted by atomic mass is 10.1. The van der Waals surface area contributed by atoms with Gasteiger partial charge in [0.25, 0.3) is 0 Å². The number of amides is 1. The second kappa shape index (κ2) is 8.10. The molecule has 1 heterocycles. The molecule has 7 heteroatoms. The van der Waals surface area contributed by atoms with Crippen molar-refractivity contribution in [1.82, 2.24) is 9.78 Å². The third-order valence-electron chi connectivity index (χ3n) is 3.70. The zero-order valence-corrected chi connectivity index (χ0v) is 14.8. The van der Waals surface area contributed by atoms with E-state index < -0.39 is 9.84 Å². The average Bonchev–Trinajstić information content (AvgIpc) is 2.99. The van der Waals surface area contributed by atoms with Gasteiger partial charge in [-0.15, -0.1) is 0 Å². The summed E-state index contributed by atoms with van der Waals surface area (Å²) in [5.74, 6) is 0.504. The van der Waals surface area contributed by atoms with Crippen LogP contribution in [-0.4, -0.2) is 35.6 Å². The fourth-order valence-corrected chi connectivity index (χ4v) is 3.01. The van der Waals surface area contributed by atoms with Gasteiger partial charge in [0.15, 0.2) is 15.7 Å². The zero-order chi connectivity index (χ0) is 17.6. The molecular formula is C17H23N3O3S. The maximum absolute atomic E-state index is 12.0. The van der Waals surface area contributed by atoms with Gasteiger partial charge in [-0.25, -0.2) is 8.42 Å². The van der Waals surface area contributed by atoms with Crippen LogP contribution in [0.3, 0.4) is 0 Å². The van der Waals surface area contributed by atoms with Crippen LogP contribution in [-0.2, 0) is 27.6 Å². The van der Waals surface area contributed by atoms with Gasteiger partial charge in [0, 0.05) is 24.4 Å². The summed E-state index contributed by atoms with van der Waals surface area (Å²) in [5, 5.41) is 6.91. The molecule has 0 atom stereocenters. The SMILES string of the molecule is CCS(=O)(=O)CCn1ccc(NC(=O)CCc2cccc(C)c2)n1. The molecule has 24 heavy (non-hydrogen) atoms. The van der Waals surface area contributed by atoms with Gasteiger partial charge >= 0.3 is 0 Å². The molecule has 0 bridgehead atoms. The molecule has 2 aromatic rings. The first kappa shape index (κ1) is 18.2. The minimum atomic E-state index is -3.02. The van der Waals surface area contributed by atoms with Crippen molar-refractivity contribution in [2.24, 2.45) is 0 Å². The molecular weight excluding hydrogens is 326 g/mol. The monoisotopic (exact) mass is 349 g/mol. The Hall–Kier alpha value is -2.15. The summed E-state index contributed by atoms with van der Waals surface area (Å²) < 4.78 is 24.5. The molecule has 0 aliphatic rings. The van der Waals surface area contributed by atoms with Crippen molar-refractivity contribution in [2.75, 3.05) is 16.8 Å². The number of anilines is 1. The highest BCUT2D eigenvalue weighted by molar-refractivity contribution is 7.91. The molecule has 1 N–H and O–H groups in total. The maximum Gasteiger partial charge on any atom is 0.225 e. The van der Waals surface area contributed by atoms with Crippen LogP contribution in [0.15, 0.2) is 36.5 Å². The largest absolute Gasteiger partial charge is 0.309 e. The van der Waals surface area contributed by atoms with Gasteiger partial charge in [-0.1, -0.05) is 36.8 Å². The third-order valence-corrected chi connectivity index (χ3v) is 5.39. The van der Waals surface area contributed by atoms with Crippen LogP contribution in [0.2, 0.25) is 0 Å². The summed E-state index contributed by atoms with van der Waals surface area (Å²) in [4.78, 5) is 12.0. The Labute approximate surface area is 142 Å². The van der Waals surface area contributed by atoms with Gasteiger partial charge in [-0.3, -0.25) is 9.48 Å².